The van der Waals surface area contributed by atoms with Gasteiger partial charge in [0.1, 0.15) is 11.8 Å². The monoisotopic (exact) mass is 265 g/mol. The topological polar surface area (TPSA) is 33.0 Å². The third-order valence-corrected chi connectivity index (χ3v) is 3.35. The third-order valence-electron chi connectivity index (χ3n) is 3.35. The molecule has 1 unspecified atom stereocenters. The minimum absolute atomic E-state index is 0.407. The number of aryl methyl sites for hydroxylation is 3. The lowest BCUT2D eigenvalue weighted by molar-refractivity contribution is 0.242. The van der Waals surface area contributed by atoms with Crippen LogP contribution in [0.15, 0.2) is 48.5 Å². The highest BCUT2D eigenvalue weighted by atomic mass is 16.5. The number of benzene rings is 2. The summed E-state index contributed by atoms with van der Waals surface area (Å²) in [4.78, 5) is 0. The molecule has 0 aromatic heterocycles. The van der Waals surface area contributed by atoms with Gasteiger partial charge in [-0.05, 0) is 37.0 Å². The molecule has 0 bridgehead atoms. The van der Waals surface area contributed by atoms with E-state index in [1.807, 2.05) is 50.2 Å². The van der Waals surface area contributed by atoms with Crippen molar-refractivity contribution in [1.29, 1.82) is 5.26 Å². The van der Waals surface area contributed by atoms with Gasteiger partial charge in [-0.3, -0.25) is 0 Å². The molecule has 2 heteroatoms. The maximum absolute atomic E-state index is 9.27. The number of rotatable bonds is 5. The first-order chi connectivity index (χ1) is 9.70. The van der Waals surface area contributed by atoms with Crippen molar-refractivity contribution in [3.8, 4) is 11.8 Å². The van der Waals surface area contributed by atoms with E-state index in [1.54, 1.807) is 0 Å². The summed E-state index contributed by atoms with van der Waals surface area (Å²) in [5.41, 5.74) is 3.38. The summed E-state index contributed by atoms with van der Waals surface area (Å²) in [5.74, 6) is 0.840. The first kappa shape index (κ1) is 14.1. The zero-order valence-electron chi connectivity index (χ0n) is 12.0. The van der Waals surface area contributed by atoms with Crippen LogP contribution in [-0.2, 0) is 6.42 Å². The fourth-order valence-corrected chi connectivity index (χ4v) is 2.22. The van der Waals surface area contributed by atoms with Gasteiger partial charge in [0.25, 0.3) is 0 Å². The summed E-state index contributed by atoms with van der Waals surface area (Å²) in [7, 11) is 0. The van der Waals surface area contributed by atoms with Crippen LogP contribution in [0.4, 0.5) is 0 Å². The van der Waals surface area contributed by atoms with Crippen molar-refractivity contribution in [2.45, 2.75) is 32.8 Å². The molecule has 0 saturated heterocycles. The highest BCUT2D eigenvalue weighted by Gasteiger charge is 2.12. The number of para-hydroxylation sites is 1. The normalized spacial score (nSPS) is 11.7. The van der Waals surface area contributed by atoms with Crippen LogP contribution < -0.4 is 4.74 Å². The van der Waals surface area contributed by atoms with E-state index in [-0.39, 0.29) is 0 Å². The molecule has 2 rings (SSSR count). The molecule has 2 aromatic carbocycles. The smallest absolute Gasteiger partial charge is 0.184 e. The fraction of sp³-hybridized carbons (Fsp3) is 0.278. The van der Waals surface area contributed by atoms with Crippen LogP contribution in [0.25, 0.3) is 0 Å². The number of nitrogens with zero attached hydrogens (tertiary/aromatic N) is 1. The predicted octanol–water partition coefficient (Wildman–Crippen LogP) is 4.21. The highest BCUT2D eigenvalue weighted by Crippen LogP contribution is 2.24. The van der Waals surface area contributed by atoms with Crippen molar-refractivity contribution in [2.75, 3.05) is 0 Å². The van der Waals surface area contributed by atoms with Gasteiger partial charge in [0.15, 0.2) is 6.10 Å². The second-order valence-electron chi connectivity index (χ2n) is 4.98. The average molecular weight is 265 g/mol. The molecule has 0 amide bonds. The van der Waals surface area contributed by atoms with Crippen LogP contribution >= 0.6 is 0 Å². The quantitative estimate of drug-likeness (QED) is 0.811. The Kier molecular flexibility index (Phi) is 4.79. The number of hydrogen-bond acceptors (Lipinski definition) is 2. The van der Waals surface area contributed by atoms with Crippen LogP contribution in [0.2, 0.25) is 0 Å². The minimum atomic E-state index is -0.407. The van der Waals surface area contributed by atoms with Crippen LogP contribution in [0.5, 0.6) is 5.75 Å². The second kappa shape index (κ2) is 6.77. The van der Waals surface area contributed by atoms with E-state index in [1.165, 1.54) is 5.56 Å². The summed E-state index contributed by atoms with van der Waals surface area (Å²) in [6, 6.07) is 18.5. The number of hydrogen-bond donors (Lipinski definition) is 0. The van der Waals surface area contributed by atoms with E-state index < -0.39 is 6.10 Å². The molecule has 0 aliphatic rings. The molecule has 0 saturated carbocycles. The maximum Gasteiger partial charge on any atom is 0.184 e. The maximum atomic E-state index is 9.27. The van der Waals surface area contributed by atoms with Gasteiger partial charge in [-0.2, -0.15) is 5.26 Å². The Bertz CT molecular complexity index is 578. The Hall–Kier alpha value is -2.27. The first-order valence-corrected chi connectivity index (χ1v) is 6.87. The molecule has 0 radical (unpaired) electrons. The molecule has 20 heavy (non-hydrogen) atoms. The molecule has 0 fully saturated rings. The fourth-order valence-electron chi connectivity index (χ4n) is 2.22. The SMILES string of the molecule is Cc1cccc(C)c1OC(C#N)CCc1ccccc1. The third kappa shape index (κ3) is 3.61. The Labute approximate surface area is 120 Å². The summed E-state index contributed by atoms with van der Waals surface area (Å²) >= 11 is 0. The van der Waals surface area contributed by atoms with Crippen molar-refractivity contribution >= 4 is 0 Å². The van der Waals surface area contributed by atoms with Crippen molar-refractivity contribution < 1.29 is 4.74 Å². The van der Waals surface area contributed by atoms with Crippen LogP contribution in [0.1, 0.15) is 23.1 Å². The lowest BCUT2D eigenvalue weighted by atomic mass is 10.1. The molecule has 0 aliphatic carbocycles. The van der Waals surface area contributed by atoms with Crippen molar-refractivity contribution in [2.24, 2.45) is 0 Å². The molecule has 1 atom stereocenters. The van der Waals surface area contributed by atoms with E-state index in [0.29, 0.717) is 6.42 Å². The van der Waals surface area contributed by atoms with Gasteiger partial charge < -0.3 is 4.74 Å². The zero-order valence-corrected chi connectivity index (χ0v) is 12.0. The average Bonchev–Trinajstić information content (AvgIpc) is 2.47. The van der Waals surface area contributed by atoms with Crippen LogP contribution in [0, 0.1) is 25.2 Å². The minimum Gasteiger partial charge on any atom is -0.475 e. The standard InChI is InChI=1S/C18H19NO/c1-14-7-6-8-15(2)18(14)20-17(13-19)12-11-16-9-4-3-5-10-16/h3-10,17H,11-12H2,1-2H3. The van der Waals surface area contributed by atoms with E-state index in [4.69, 9.17) is 4.74 Å². The Balaban J connectivity index is 2.01. The van der Waals surface area contributed by atoms with Gasteiger partial charge in [-0.25, -0.2) is 0 Å². The van der Waals surface area contributed by atoms with Crippen molar-refractivity contribution in [3.05, 3.63) is 65.2 Å². The summed E-state index contributed by atoms with van der Waals surface area (Å²) in [6.45, 7) is 4.02. The molecule has 2 nitrogen and oxygen atoms in total. The molecule has 0 heterocycles. The lowest BCUT2D eigenvalue weighted by Gasteiger charge is -2.16. The van der Waals surface area contributed by atoms with Gasteiger partial charge in [-0.1, -0.05) is 48.5 Å². The summed E-state index contributed by atoms with van der Waals surface area (Å²) < 4.78 is 5.89. The van der Waals surface area contributed by atoms with Gasteiger partial charge in [0.05, 0.1) is 0 Å². The largest absolute Gasteiger partial charge is 0.475 e. The second-order valence-corrected chi connectivity index (χ2v) is 4.98. The van der Waals surface area contributed by atoms with Gasteiger partial charge in [-0.15, -0.1) is 0 Å². The van der Waals surface area contributed by atoms with Gasteiger partial charge in [0, 0.05) is 6.42 Å². The first-order valence-electron chi connectivity index (χ1n) is 6.87. The molecular weight excluding hydrogens is 246 g/mol. The molecule has 102 valence electrons. The van der Waals surface area contributed by atoms with Crippen molar-refractivity contribution in [1.82, 2.24) is 0 Å². The predicted molar refractivity (Wildman–Crippen MR) is 80.7 cm³/mol. The zero-order chi connectivity index (χ0) is 14.4. The highest BCUT2D eigenvalue weighted by molar-refractivity contribution is 5.40. The molecular formula is C18H19NO. The number of ether oxygens (including phenoxy) is 1. The van der Waals surface area contributed by atoms with E-state index >= 15 is 0 Å². The molecule has 0 spiro atoms. The molecule has 0 aliphatic heterocycles. The molecule has 2 aromatic rings. The molecule has 0 N–H and O–H groups in total. The van der Waals surface area contributed by atoms with Crippen LogP contribution in [-0.4, -0.2) is 6.10 Å². The number of nitriles is 1. The Morgan fingerprint density at radius 1 is 1.00 bits per heavy atom. The summed E-state index contributed by atoms with van der Waals surface area (Å²) in [5, 5.41) is 9.27. The van der Waals surface area contributed by atoms with Gasteiger partial charge >= 0.3 is 0 Å². The van der Waals surface area contributed by atoms with E-state index in [9.17, 15) is 5.26 Å². The van der Waals surface area contributed by atoms with Crippen molar-refractivity contribution in [3.63, 3.8) is 0 Å². The van der Waals surface area contributed by atoms with Crippen LogP contribution in [0.3, 0.4) is 0 Å². The van der Waals surface area contributed by atoms with E-state index in [0.717, 1.165) is 23.3 Å². The van der Waals surface area contributed by atoms with Gasteiger partial charge in [0.2, 0.25) is 0 Å². The van der Waals surface area contributed by atoms with E-state index in [2.05, 4.69) is 18.2 Å². The Morgan fingerprint density at radius 2 is 1.65 bits per heavy atom. The lowest BCUT2D eigenvalue weighted by Crippen LogP contribution is -2.16. The Morgan fingerprint density at radius 3 is 2.25 bits per heavy atom. The summed E-state index contributed by atoms with van der Waals surface area (Å²) in [6.07, 6.45) is 1.15.